The Kier molecular flexibility index (Phi) is 8.83. The Hall–Kier alpha value is -3.39. The van der Waals surface area contributed by atoms with Crippen LogP contribution >= 0.6 is 0 Å². The molecule has 1 saturated heterocycles. The Morgan fingerprint density at radius 2 is 1.76 bits per heavy atom. The summed E-state index contributed by atoms with van der Waals surface area (Å²) in [5.74, 6) is -0.428. The van der Waals surface area contributed by atoms with Gasteiger partial charge in [0.05, 0.1) is 12.6 Å². The summed E-state index contributed by atoms with van der Waals surface area (Å²) in [6.07, 6.45) is 2.09. The second-order valence-corrected chi connectivity index (χ2v) is 7.88. The van der Waals surface area contributed by atoms with Crippen molar-refractivity contribution >= 4 is 29.1 Å². The van der Waals surface area contributed by atoms with E-state index >= 15 is 0 Å². The Morgan fingerprint density at radius 1 is 1.00 bits per heavy atom. The molecule has 0 aromatic heterocycles. The monoisotopic (exact) mass is 452 g/mol. The molecule has 1 fully saturated rings. The van der Waals surface area contributed by atoms with Crippen LogP contribution in [0.2, 0.25) is 0 Å². The van der Waals surface area contributed by atoms with Crippen LogP contribution in [0.5, 0.6) is 0 Å². The van der Waals surface area contributed by atoms with Crippen LogP contribution in [-0.2, 0) is 9.53 Å². The zero-order valence-electron chi connectivity index (χ0n) is 19.2. The first kappa shape index (κ1) is 24.3. The molecule has 1 aliphatic rings. The predicted octanol–water partition coefficient (Wildman–Crippen LogP) is 3.13. The average Bonchev–Trinajstić information content (AvgIpc) is 3.36. The van der Waals surface area contributed by atoms with Gasteiger partial charge in [-0.1, -0.05) is 6.07 Å². The highest BCUT2D eigenvalue weighted by molar-refractivity contribution is 5.97. The van der Waals surface area contributed by atoms with Crippen molar-refractivity contribution < 1.29 is 19.1 Å². The summed E-state index contributed by atoms with van der Waals surface area (Å²) in [6.45, 7) is 6.48. The number of rotatable bonds is 10. The van der Waals surface area contributed by atoms with E-state index < -0.39 is 0 Å². The molecule has 1 aliphatic heterocycles. The second-order valence-electron chi connectivity index (χ2n) is 7.88. The van der Waals surface area contributed by atoms with Gasteiger partial charge in [-0.3, -0.25) is 14.4 Å². The van der Waals surface area contributed by atoms with Crippen LogP contribution in [0.15, 0.2) is 48.5 Å². The summed E-state index contributed by atoms with van der Waals surface area (Å²) >= 11 is 0. The van der Waals surface area contributed by atoms with Crippen LogP contribution in [0.4, 0.5) is 11.4 Å². The number of benzene rings is 2. The van der Waals surface area contributed by atoms with Crippen LogP contribution in [0.25, 0.3) is 0 Å². The van der Waals surface area contributed by atoms with Gasteiger partial charge in [0.15, 0.2) is 0 Å². The summed E-state index contributed by atoms with van der Waals surface area (Å²) in [5, 5.41) is 8.73. The van der Waals surface area contributed by atoms with Crippen molar-refractivity contribution in [3.63, 3.8) is 0 Å². The average molecular weight is 453 g/mol. The summed E-state index contributed by atoms with van der Waals surface area (Å²) in [7, 11) is 0. The van der Waals surface area contributed by atoms with Gasteiger partial charge in [0.1, 0.15) is 0 Å². The minimum Gasteiger partial charge on any atom is -0.376 e. The van der Waals surface area contributed by atoms with Crippen LogP contribution in [-0.4, -0.2) is 61.5 Å². The van der Waals surface area contributed by atoms with Crippen LogP contribution in [0.1, 0.15) is 47.4 Å². The van der Waals surface area contributed by atoms with E-state index in [4.69, 9.17) is 4.74 Å². The van der Waals surface area contributed by atoms with Crippen molar-refractivity contribution in [2.45, 2.75) is 32.8 Å². The Labute approximate surface area is 194 Å². The minimum atomic E-state index is -0.231. The molecular weight excluding hydrogens is 420 g/mol. The normalized spacial score (nSPS) is 15.0. The number of hydrogen-bond donors (Lipinski definition) is 3. The maximum absolute atomic E-state index is 12.5. The molecule has 2 aromatic carbocycles. The zero-order chi connectivity index (χ0) is 23.6. The first-order valence-corrected chi connectivity index (χ1v) is 11.4. The van der Waals surface area contributed by atoms with E-state index in [9.17, 15) is 14.4 Å². The fourth-order valence-electron chi connectivity index (χ4n) is 3.66. The smallest absolute Gasteiger partial charge is 0.253 e. The molecular formula is C25H32N4O4. The second kappa shape index (κ2) is 12.0. The molecule has 0 bridgehead atoms. The van der Waals surface area contributed by atoms with Gasteiger partial charge in [-0.2, -0.15) is 0 Å². The van der Waals surface area contributed by atoms with E-state index in [0.29, 0.717) is 42.1 Å². The van der Waals surface area contributed by atoms with Gasteiger partial charge in [0.25, 0.3) is 11.8 Å². The molecule has 3 rings (SSSR count). The molecule has 3 N–H and O–H groups in total. The first-order chi connectivity index (χ1) is 16.0. The number of nitrogens with one attached hydrogen (secondary N) is 3. The molecule has 176 valence electrons. The quantitative estimate of drug-likeness (QED) is 0.514. The predicted molar refractivity (Wildman–Crippen MR) is 129 cm³/mol. The Balaban J connectivity index is 1.47. The number of anilines is 2. The van der Waals surface area contributed by atoms with Crippen LogP contribution in [0, 0.1) is 0 Å². The third kappa shape index (κ3) is 7.05. The Bertz CT molecular complexity index is 951. The van der Waals surface area contributed by atoms with Crippen molar-refractivity contribution in [2.75, 3.05) is 43.4 Å². The molecule has 33 heavy (non-hydrogen) atoms. The van der Waals surface area contributed by atoms with Crippen LogP contribution in [0.3, 0.4) is 0 Å². The van der Waals surface area contributed by atoms with E-state index in [1.54, 1.807) is 47.4 Å². The van der Waals surface area contributed by atoms with Gasteiger partial charge in [-0.25, -0.2) is 0 Å². The summed E-state index contributed by atoms with van der Waals surface area (Å²) in [5.41, 5.74) is 2.40. The SMILES string of the molecule is CCN(CC)C(=O)c1cccc(NCC(=O)Nc2ccc(C(=O)NCC3CCCO3)cc2)c1. The minimum absolute atomic E-state index is 0.0343. The van der Waals surface area contributed by atoms with Gasteiger partial charge in [0.2, 0.25) is 5.91 Å². The van der Waals surface area contributed by atoms with E-state index in [-0.39, 0.29) is 30.4 Å². The number of amides is 3. The molecule has 1 atom stereocenters. The lowest BCUT2D eigenvalue weighted by molar-refractivity contribution is -0.114. The molecule has 0 aliphatic carbocycles. The van der Waals surface area contributed by atoms with Crippen LogP contribution < -0.4 is 16.0 Å². The summed E-state index contributed by atoms with van der Waals surface area (Å²) < 4.78 is 5.51. The molecule has 1 heterocycles. The third-order valence-corrected chi connectivity index (χ3v) is 5.56. The summed E-state index contributed by atoms with van der Waals surface area (Å²) in [6, 6.07) is 13.9. The van der Waals surface area contributed by atoms with Gasteiger partial charge < -0.3 is 25.6 Å². The van der Waals surface area contributed by atoms with Crippen molar-refractivity contribution in [1.29, 1.82) is 0 Å². The van der Waals surface area contributed by atoms with E-state index in [1.165, 1.54) is 0 Å². The lowest BCUT2D eigenvalue weighted by atomic mass is 10.1. The van der Waals surface area contributed by atoms with Crippen molar-refractivity contribution in [3.8, 4) is 0 Å². The van der Waals surface area contributed by atoms with E-state index in [2.05, 4.69) is 16.0 Å². The molecule has 0 saturated carbocycles. The molecule has 0 spiro atoms. The highest BCUT2D eigenvalue weighted by atomic mass is 16.5. The molecule has 8 nitrogen and oxygen atoms in total. The molecule has 8 heteroatoms. The zero-order valence-corrected chi connectivity index (χ0v) is 19.2. The number of carbonyl (C=O) groups is 3. The van der Waals surface area contributed by atoms with E-state index in [0.717, 1.165) is 19.4 Å². The Morgan fingerprint density at radius 3 is 2.42 bits per heavy atom. The van der Waals surface area contributed by atoms with Crippen molar-refractivity contribution in [3.05, 3.63) is 59.7 Å². The van der Waals surface area contributed by atoms with Crippen molar-refractivity contribution in [2.24, 2.45) is 0 Å². The van der Waals surface area contributed by atoms with Gasteiger partial charge in [-0.05, 0) is 69.2 Å². The number of nitrogens with zero attached hydrogens (tertiary/aromatic N) is 1. The van der Waals surface area contributed by atoms with E-state index in [1.807, 2.05) is 19.9 Å². The maximum Gasteiger partial charge on any atom is 0.253 e. The molecule has 2 aromatic rings. The highest BCUT2D eigenvalue weighted by Crippen LogP contribution is 2.14. The number of carbonyl (C=O) groups excluding carboxylic acids is 3. The third-order valence-electron chi connectivity index (χ3n) is 5.56. The largest absolute Gasteiger partial charge is 0.376 e. The molecule has 1 unspecified atom stereocenters. The van der Waals surface area contributed by atoms with Gasteiger partial charge >= 0.3 is 0 Å². The summed E-state index contributed by atoms with van der Waals surface area (Å²) in [4.78, 5) is 38.8. The fourth-order valence-corrected chi connectivity index (χ4v) is 3.66. The van der Waals surface area contributed by atoms with Gasteiger partial charge in [-0.15, -0.1) is 0 Å². The number of ether oxygens (including phenoxy) is 1. The fraction of sp³-hybridized carbons (Fsp3) is 0.400. The standard InChI is InChI=1S/C25H32N4O4/c1-3-29(4-2)25(32)19-7-5-8-21(15-19)26-17-23(30)28-20-12-10-18(11-13-20)24(31)27-16-22-9-6-14-33-22/h5,7-8,10-13,15,22,26H,3-4,6,9,14,16-17H2,1-2H3,(H,27,31)(H,28,30). The van der Waals surface area contributed by atoms with Gasteiger partial charge in [0, 0.05) is 48.7 Å². The van der Waals surface area contributed by atoms with Crippen molar-refractivity contribution in [1.82, 2.24) is 10.2 Å². The first-order valence-electron chi connectivity index (χ1n) is 11.4. The number of hydrogen-bond acceptors (Lipinski definition) is 5. The molecule has 0 radical (unpaired) electrons. The molecule has 3 amide bonds. The maximum atomic E-state index is 12.5. The topological polar surface area (TPSA) is 99.8 Å². The highest BCUT2D eigenvalue weighted by Gasteiger charge is 2.17. The lowest BCUT2D eigenvalue weighted by Crippen LogP contribution is -2.31. The lowest BCUT2D eigenvalue weighted by Gasteiger charge is -2.19.